The van der Waals surface area contributed by atoms with Gasteiger partial charge in [0, 0.05) is 26.2 Å². The second kappa shape index (κ2) is 10.1. The van der Waals surface area contributed by atoms with Gasteiger partial charge in [-0.3, -0.25) is 9.69 Å². The number of hydrogen-bond donors (Lipinski definition) is 1. The maximum atomic E-state index is 12.8. The van der Waals surface area contributed by atoms with Crippen molar-refractivity contribution >= 4 is 33.6 Å². The molecule has 1 fully saturated rings. The first-order chi connectivity index (χ1) is 15.5. The number of para-hydroxylation sites is 1. The molecule has 168 valence electrons. The molecule has 32 heavy (non-hydrogen) atoms. The van der Waals surface area contributed by atoms with Crippen LogP contribution in [0.4, 0.5) is 4.79 Å². The van der Waals surface area contributed by atoms with Crippen molar-refractivity contribution in [3.05, 3.63) is 65.2 Å². The van der Waals surface area contributed by atoms with Crippen LogP contribution in [0.15, 0.2) is 54.6 Å². The summed E-state index contributed by atoms with van der Waals surface area (Å²) in [7, 11) is 0. The Bertz CT molecular complexity index is 1030. The number of fused-ring (bicyclic) bond motifs is 1. The number of aromatic nitrogens is 1. The van der Waals surface area contributed by atoms with Crippen LogP contribution in [0, 0.1) is 0 Å². The Morgan fingerprint density at radius 3 is 2.44 bits per heavy atom. The summed E-state index contributed by atoms with van der Waals surface area (Å²) in [6, 6.07) is 17.2. The molecule has 0 bridgehead atoms. The van der Waals surface area contributed by atoms with Crippen molar-refractivity contribution < 1.29 is 14.3 Å². The van der Waals surface area contributed by atoms with E-state index in [2.05, 4.69) is 23.2 Å². The molecule has 1 saturated heterocycles. The van der Waals surface area contributed by atoms with Crippen LogP contribution < -0.4 is 5.32 Å². The Morgan fingerprint density at radius 1 is 1.03 bits per heavy atom. The smallest absolute Gasteiger partial charge is 0.408 e. The number of ether oxygens (including phenoxy) is 1. The van der Waals surface area contributed by atoms with E-state index in [1.54, 1.807) is 18.3 Å². The van der Waals surface area contributed by atoms with Gasteiger partial charge in [-0.2, -0.15) is 0 Å². The summed E-state index contributed by atoms with van der Waals surface area (Å²) in [5.41, 5.74) is 1.94. The van der Waals surface area contributed by atoms with E-state index < -0.39 is 12.1 Å². The monoisotopic (exact) mass is 452 g/mol. The Morgan fingerprint density at radius 2 is 1.72 bits per heavy atom. The van der Waals surface area contributed by atoms with E-state index in [9.17, 15) is 9.59 Å². The standard InChI is InChI=1S/C24H28N4O3S/c1-17(25-24(30)31-16-19-8-4-3-5-9-19)23(29)28-14-12-27(13-15-28)18(2)22-26-20-10-6-7-11-21(20)32-22/h3-11,17-18H,12-16H2,1-2H3,(H,25,30)/t17-,18-/m0/s1. The molecule has 4 rings (SSSR count). The molecule has 7 nitrogen and oxygen atoms in total. The highest BCUT2D eigenvalue weighted by molar-refractivity contribution is 7.18. The molecule has 0 aliphatic carbocycles. The summed E-state index contributed by atoms with van der Waals surface area (Å²) in [6.45, 7) is 6.83. The van der Waals surface area contributed by atoms with Crippen LogP contribution in [0.2, 0.25) is 0 Å². The first-order valence-corrected chi connectivity index (χ1v) is 11.7. The largest absolute Gasteiger partial charge is 0.445 e. The fraction of sp³-hybridized carbons (Fsp3) is 0.375. The van der Waals surface area contributed by atoms with Crippen LogP contribution in [0.1, 0.15) is 30.5 Å². The zero-order valence-electron chi connectivity index (χ0n) is 18.4. The van der Waals surface area contributed by atoms with Crippen molar-refractivity contribution in [1.82, 2.24) is 20.1 Å². The van der Waals surface area contributed by atoms with Crippen LogP contribution in [0.5, 0.6) is 0 Å². The lowest BCUT2D eigenvalue weighted by Crippen LogP contribution is -2.54. The summed E-state index contributed by atoms with van der Waals surface area (Å²) in [5.74, 6) is -0.0889. The average molecular weight is 453 g/mol. The van der Waals surface area contributed by atoms with Gasteiger partial charge in [-0.25, -0.2) is 9.78 Å². The molecule has 2 atom stereocenters. The lowest BCUT2D eigenvalue weighted by Gasteiger charge is -2.38. The van der Waals surface area contributed by atoms with Crippen molar-refractivity contribution in [2.24, 2.45) is 0 Å². The number of carbonyl (C=O) groups excluding carboxylic acids is 2. The molecule has 3 aromatic rings. The van der Waals surface area contributed by atoms with E-state index in [0.717, 1.165) is 29.2 Å². The van der Waals surface area contributed by atoms with E-state index in [1.807, 2.05) is 53.4 Å². The second-order valence-corrected chi connectivity index (χ2v) is 9.05. The summed E-state index contributed by atoms with van der Waals surface area (Å²) in [6.07, 6.45) is -0.585. The second-order valence-electron chi connectivity index (χ2n) is 7.98. The van der Waals surface area contributed by atoms with Crippen LogP contribution in [0.25, 0.3) is 10.2 Å². The number of thiazole rings is 1. The van der Waals surface area contributed by atoms with E-state index >= 15 is 0 Å². The molecular weight excluding hydrogens is 424 g/mol. The Hall–Kier alpha value is -2.97. The minimum atomic E-state index is -0.633. The number of piperazine rings is 1. The molecular formula is C24H28N4O3S. The third-order valence-corrected chi connectivity index (χ3v) is 6.97. The third kappa shape index (κ3) is 5.26. The number of nitrogens with zero attached hydrogens (tertiary/aromatic N) is 3. The number of hydrogen-bond acceptors (Lipinski definition) is 6. The molecule has 0 radical (unpaired) electrons. The third-order valence-electron chi connectivity index (χ3n) is 5.76. The zero-order chi connectivity index (χ0) is 22.5. The van der Waals surface area contributed by atoms with Crippen molar-refractivity contribution in [1.29, 1.82) is 0 Å². The lowest BCUT2D eigenvalue weighted by molar-refractivity contribution is -0.135. The predicted octanol–water partition coefficient (Wildman–Crippen LogP) is 3.82. The summed E-state index contributed by atoms with van der Waals surface area (Å²) < 4.78 is 6.42. The van der Waals surface area contributed by atoms with Crippen LogP contribution in [-0.2, 0) is 16.1 Å². The minimum absolute atomic E-state index is 0.0889. The summed E-state index contributed by atoms with van der Waals surface area (Å²) in [4.78, 5) is 33.8. The quantitative estimate of drug-likeness (QED) is 0.616. The number of alkyl carbamates (subject to hydrolysis) is 1. The normalized spacial score (nSPS) is 16.5. The maximum Gasteiger partial charge on any atom is 0.408 e. The van der Waals surface area contributed by atoms with Crippen molar-refractivity contribution in [2.75, 3.05) is 26.2 Å². The van der Waals surface area contributed by atoms with Crippen molar-refractivity contribution in [3.63, 3.8) is 0 Å². The Kier molecular flexibility index (Phi) is 7.02. The number of benzene rings is 2. The first-order valence-electron chi connectivity index (χ1n) is 10.9. The highest BCUT2D eigenvalue weighted by Gasteiger charge is 2.29. The molecule has 0 spiro atoms. The highest BCUT2D eigenvalue weighted by Crippen LogP contribution is 2.29. The van der Waals surface area contributed by atoms with Crippen molar-refractivity contribution in [3.8, 4) is 0 Å². The summed E-state index contributed by atoms with van der Waals surface area (Å²) in [5, 5.41) is 3.75. The maximum absolute atomic E-state index is 12.8. The fourth-order valence-corrected chi connectivity index (χ4v) is 4.89. The number of nitrogens with one attached hydrogen (secondary N) is 1. The molecule has 2 heterocycles. The predicted molar refractivity (Wildman–Crippen MR) is 125 cm³/mol. The number of amides is 2. The minimum Gasteiger partial charge on any atom is -0.445 e. The van der Waals surface area contributed by atoms with Gasteiger partial charge >= 0.3 is 6.09 Å². The molecule has 8 heteroatoms. The molecule has 2 amide bonds. The molecule has 0 saturated carbocycles. The van der Waals surface area contributed by atoms with E-state index in [-0.39, 0.29) is 18.6 Å². The van der Waals surface area contributed by atoms with Gasteiger partial charge in [-0.1, -0.05) is 42.5 Å². The van der Waals surface area contributed by atoms with E-state index in [4.69, 9.17) is 9.72 Å². The van der Waals surface area contributed by atoms with Gasteiger partial charge in [0.1, 0.15) is 17.7 Å². The summed E-state index contributed by atoms with van der Waals surface area (Å²) >= 11 is 1.73. The molecule has 0 unspecified atom stereocenters. The number of rotatable bonds is 6. The zero-order valence-corrected chi connectivity index (χ0v) is 19.2. The van der Waals surface area contributed by atoms with Gasteiger partial charge in [0.15, 0.2) is 0 Å². The van der Waals surface area contributed by atoms with E-state index in [1.165, 1.54) is 4.70 Å². The fourth-order valence-electron chi connectivity index (χ4n) is 3.83. The van der Waals surface area contributed by atoms with Gasteiger partial charge in [-0.05, 0) is 31.5 Å². The molecule has 1 aromatic heterocycles. The van der Waals surface area contributed by atoms with Gasteiger partial charge in [0.05, 0.1) is 16.3 Å². The van der Waals surface area contributed by atoms with Gasteiger partial charge < -0.3 is 15.0 Å². The SMILES string of the molecule is C[C@H](NC(=O)OCc1ccccc1)C(=O)N1CCN([C@@H](C)c2nc3ccccc3s2)CC1. The number of carbonyl (C=O) groups is 2. The molecule has 1 aliphatic heterocycles. The van der Waals surface area contributed by atoms with Crippen LogP contribution >= 0.6 is 11.3 Å². The Labute approximate surface area is 192 Å². The average Bonchev–Trinajstić information content (AvgIpc) is 3.27. The van der Waals surface area contributed by atoms with Crippen molar-refractivity contribution in [2.45, 2.75) is 32.5 Å². The molecule has 1 N–H and O–H groups in total. The van der Waals surface area contributed by atoms with Crippen LogP contribution in [-0.4, -0.2) is 59.0 Å². The highest BCUT2D eigenvalue weighted by atomic mass is 32.1. The lowest BCUT2D eigenvalue weighted by atomic mass is 10.2. The van der Waals surface area contributed by atoms with Gasteiger partial charge in [0.2, 0.25) is 5.91 Å². The van der Waals surface area contributed by atoms with Crippen LogP contribution in [0.3, 0.4) is 0 Å². The molecule has 2 aromatic carbocycles. The Balaban J connectivity index is 1.24. The first kappa shape index (κ1) is 22.2. The molecule has 1 aliphatic rings. The van der Waals surface area contributed by atoms with Gasteiger partial charge in [0.25, 0.3) is 0 Å². The topological polar surface area (TPSA) is 74.8 Å². The van der Waals surface area contributed by atoms with E-state index in [0.29, 0.717) is 13.1 Å². The van der Waals surface area contributed by atoms with Gasteiger partial charge in [-0.15, -0.1) is 11.3 Å².